The number of nitrogens with zero attached hydrogens (tertiary/aromatic N) is 2. The van der Waals surface area contributed by atoms with E-state index in [-0.39, 0.29) is 18.8 Å². The van der Waals surface area contributed by atoms with Gasteiger partial charge in [-0.1, -0.05) is 77.0 Å². The van der Waals surface area contributed by atoms with Gasteiger partial charge >= 0.3 is 5.97 Å². The topological polar surface area (TPSA) is 79.1 Å². The Bertz CT molecular complexity index is 1850. The minimum absolute atomic E-state index is 0.218. The van der Waals surface area contributed by atoms with E-state index in [4.69, 9.17) is 37.4 Å². The SMILES string of the molecule is CCOC(=O)C1=C(C)N=c2sc(=Cc3ccc(OCc4ccc(Cl)cc4Cl)c(OCC)c3)c(=O)n2C1c1ccccc1. The van der Waals surface area contributed by atoms with Gasteiger partial charge in [-0.3, -0.25) is 9.36 Å². The number of ether oxygens (including phenoxy) is 3. The van der Waals surface area contributed by atoms with E-state index in [1.165, 1.54) is 11.3 Å². The second-order valence-corrected chi connectivity index (χ2v) is 11.2. The molecule has 1 aliphatic rings. The van der Waals surface area contributed by atoms with Gasteiger partial charge in [-0.15, -0.1) is 0 Å². The third-order valence-electron chi connectivity index (χ3n) is 6.60. The summed E-state index contributed by atoms with van der Waals surface area (Å²) >= 11 is 13.6. The zero-order valence-electron chi connectivity index (χ0n) is 23.2. The lowest BCUT2D eigenvalue weighted by atomic mass is 9.96. The molecule has 0 saturated heterocycles. The fourth-order valence-electron chi connectivity index (χ4n) is 4.69. The highest BCUT2D eigenvalue weighted by molar-refractivity contribution is 7.07. The Hall–Kier alpha value is -3.85. The summed E-state index contributed by atoms with van der Waals surface area (Å²) in [6.45, 7) is 6.28. The average molecular weight is 624 g/mol. The maximum atomic E-state index is 13.9. The molecule has 0 N–H and O–H groups in total. The highest BCUT2D eigenvalue weighted by Crippen LogP contribution is 2.32. The number of carbonyl (C=O) groups is 1. The van der Waals surface area contributed by atoms with Crippen LogP contribution >= 0.6 is 34.5 Å². The summed E-state index contributed by atoms with van der Waals surface area (Å²) in [5, 5.41) is 1.07. The van der Waals surface area contributed by atoms with Gasteiger partial charge in [-0.05, 0) is 62.2 Å². The van der Waals surface area contributed by atoms with Crippen molar-refractivity contribution in [3.05, 3.63) is 124 Å². The Morgan fingerprint density at radius 2 is 1.79 bits per heavy atom. The first-order valence-corrected chi connectivity index (χ1v) is 15.0. The van der Waals surface area contributed by atoms with E-state index in [9.17, 15) is 9.59 Å². The van der Waals surface area contributed by atoms with Gasteiger partial charge in [0.15, 0.2) is 16.3 Å². The quantitative estimate of drug-likeness (QED) is 0.211. The highest BCUT2D eigenvalue weighted by atomic mass is 35.5. The van der Waals surface area contributed by atoms with Gasteiger partial charge in [0.25, 0.3) is 5.56 Å². The van der Waals surface area contributed by atoms with Gasteiger partial charge in [-0.25, -0.2) is 9.79 Å². The Balaban J connectivity index is 1.53. The molecule has 0 saturated carbocycles. The van der Waals surface area contributed by atoms with E-state index in [0.29, 0.717) is 48.8 Å². The summed E-state index contributed by atoms with van der Waals surface area (Å²) in [4.78, 5) is 32.0. The van der Waals surface area contributed by atoms with Crippen molar-refractivity contribution in [2.45, 2.75) is 33.4 Å². The van der Waals surface area contributed by atoms with Crippen LogP contribution in [0.25, 0.3) is 6.08 Å². The second-order valence-electron chi connectivity index (χ2n) is 9.38. The first-order valence-electron chi connectivity index (χ1n) is 13.4. The molecule has 1 unspecified atom stereocenters. The molecule has 4 aromatic rings. The van der Waals surface area contributed by atoms with E-state index in [1.54, 1.807) is 42.7 Å². The average Bonchev–Trinajstić information content (AvgIpc) is 3.27. The summed E-state index contributed by atoms with van der Waals surface area (Å²) in [5.74, 6) is 0.589. The van der Waals surface area contributed by atoms with Crippen LogP contribution in [0.2, 0.25) is 10.0 Å². The lowest BCUT2D eigenvalue weighted by Crippen LogP contribution is -2.39. The van der Waals surface area contributed by atoms with Crippen molar-refractivity contribution < 1.29 is 19.0 Å². The summed E-state index contributed by atoms with van der Waals surface area (Å²) in [6, 6.07) is 19.5. The monoisotopic (exact) mass is 622 g/mol. The maximum absolute atomic E-state index is 13.9. The first-order chi connectivity index (χ1) is 20.3. The third-order valence-corrected chi connectivity index (χ3v) is 8.17. The van der Waals surface area contributed by atoms with Crippen molar-refractivity contribution in [3.8, 4) is 11.5 Å². The van der Waals surface area contributed by atoms with Crippen molar-refractivity contribution in [1.82, 2.24) is 4.57 Å². The van der Waals surface area contributed by atoms with Gasteiger partial charge in [0, 0.05) is 15.6 Å². The molecule has 7 nitrogen and oxygen atoms in total. The number of aromatic nitrogens is 1. The molecule has 0 radical (unpaired) electrons. The minimum Gasteiger partial charge on any atom is -0.490 e. The highest BCUT2D eigenvalue weighted by Gasteiger charge is 2.33. The van der Waals surface area contributed by atoms with Crippen LogP contribution in [0.4, 0.5) is 0 Å². The molecular formula is C32H28Cl2N2O5S. The molecule has 1 aliphatic heterocycles. The summed E-state index contributed by atoms with van der Waals surface area (Å²) in [6.07, 6.45) is 1.79. The molecule has 5 rings (SSSR count). The van der Waals surface area contributed by atoms with E-state index >= 15 is 0 Å². The number of thiazole rings is 1. The van der Waals surface area contributed by atoms with Crippen molar-refractivity contribution in [2.24, 2.45) is 4.99 Å². The zero-order valence-corrected chi connectivity index (χ0v) is 25.6. The molecule has 0 spiro atoms. The number of fused-ring (bicyclic) bond motifs is 1. The molecule has 0 fully saturated rings. The van der Waals surface area contributed by atoms with Crippen LogP contribution in [-0.4, -0.2) is 23.8 Å². The molecule has 42 heavy (non-hydrogen) atoms. The van der Waals surface area contributed by atoms with Gasteiger partial charge in [0.2, 0.25) is 0 Å². The van der Waals surface area contributed by atoms with E-state index in [0.717, 1.165) is 16.7 Å². The molecule has 1 aromatic heterocycles. The number of esters is 1. The van der Waals surface area contributed by atoms with Crippen LogP contribution in [-0.2, 0) is 16.1 Å². The van der Waals surface area contributed by atoms with Gasteiger partial charge in [0.1, 0.15) is 6.61 Å². The Morgan fingerprint density at radius 1 is 1.00 bits per heavy atom. The second kappa shape index (κ2) is 13.0. The number of hydrogen-bond acceptors (Lipinski definition) is 7. The number of benzene rings is 3. The Morgan fingerprint density at radius 3 is 2.50 bits per heavy atom. The van der Waals surface area contributed by atoms with Crippen molar-refractivity contribution in [2.75, 3.05) is 13.2 Å². The molecule has 0 aliphatic carbocycles. The molecule has 1 atom stereocenters. The van der Waals surface area contributed by atoms with E-state index in [1.807, 2.05) is 55.5 Å². The summed E-state index contributed by atoms with van der Waals surface area (Å²) in [7, 11) is 0. The number of halogens is 2. The Kier molecular flexibility index (Phi) is 9.16. The predicted octanol–water partition coefficient (Wildman–Crippen LogP) is 6.08. The minimum atomic E-state index is -0.655. The number of hydrogen-bond donors (Lipinski definition) is 0. The fraction of sp³-hybridized carbons (Fsp3) is 0.219. The molecule has 10 heteroatoms. The standard InChI is InChI=1S/C32H28Cl2N2O5S/c1-4-39-26-15-20(11-14-25(26)41-18-22-12-13-23(33)17-24(22)34)16-27-30(37)36-29(21-9-7-6-8-10-21)28(31(38)40-5-2)19(3)35-32(36)42-27/h6-17,29H,4-5,18H2,1-3H3. The fourth-order valence-corrected chi connectivity index (χ4v) is 6.20. The summed E-state index contributed by atoms with van der Waals surface area (Å²) in [5.41, 5.74) is 2.96. The van der Waals surface area contributed by atoms with Crippen LogP contribution < -0.4 is 24.4 Å². The zero-order chi connectivity index (χ0) is 29.8. The van der Waals surface area contributed by atoms with Crippen LogP contribution in [0.5, 0.6) is 11.5 Å². The molecule has 216 valence electrons. The van der Waals surface area contributed by atoms with Crippen molar-refractivity contribution in [1.29, 1.82) is 0 Å². The number of rotatable bonds is 9. The largest absolute Gasteiger partial charge is 0.490 e. The van der Waals surface area contributed by atoms with Crippen LogP contribution in [0, 0.1) is 0 Å². The van der Waals surface area contributed by atoms with Crippen LogP contribution in [0.1, 0.15) is 43.5 Å². The molecular weight excluding hydrogens is 595 g/mol. The van der Waals surface area contributed by atoms with E-state index < -0.39 is 12.0 Å². The predicted molar refractivity (Wildman–Crippen MR) is 165 cm³/mol. The van der Waals surface area contributed by atoms with Gasteiger partial charge in [-0.2, -0.15) is 0 Å². The van der Waals surface area contributed by atoms with E-state index in [2.05, 4.69) is 4.99 Å². The normalized spacial score (nSPS) is 14.8. The smallest absolute Gasteiger partial charge is 0.338 e. The molecule has 2 heterocycles. The lowest BCUT2D eigenvalue weighted by Gasteiger charge is -2.24. The lowest BCUT2D eigenvalue weighted by molar-refractivity contribution is -0.139. The van der Waals surface area contributed by atoms with Gasteiger partial charge < -0.3 is 14.2 Å². The Labute approximate surface area is 256 Å². The van der Waals surface area contributed by atoms with Crippen molar-refractivity contribution in [3.63, 3.8) is 0 Å². The molecule has 3 aromatic carbocycles. The number of carbonyl (C=O) groups excluding carboxylic acids is 1. The van der Waals surface area contributed by atoms with Gasteiger partial charge in [0.05, 0.1) is 35.1 Å². The van der Waals surface area contributed by atoms with Crippen LogP contribution in [0.3, 0.4) is 0 Å². The number of allylic oxidation sites excluding steroid dienone is 1. The van der Waals surface area contributed by atoms with Crippen LogP contribution in [0.15, 0.2) is 87.8 Å². The summed E-state index contributed by atoms with van der Waals surface area (Å²) < 4.78 is 19.3. The molecule has 0 bridgehead atoms. The maximum Gasteiger partial charge on any atom is 0.338 e. The third kappa shape index (κ3) is 6.16. The molecule has 0 amide bonds. The first kappa shape index (κ1) is 29.6. The van der Waals surface area contributed by atoms with Crippen molar-refractivity contribution >= 4 is 46.6 Å².